The molecule has 1 heterocycles. The van der Waals surface area contributed by atoms with Gasteiger partial charge in [-0.15, -0.1) is 6.42 Å². The zero-order valence-electron chi connectivity index (χ0n) is 8.11. The van der Waals surface area contributed by atoms with Crippen LogP contribution in [0.25, 0.3) is 11.4 Å². The molecule has 0 saturated carbocycles. The van der Waals surface area contributed by atoms with Crippen molar-refractivity contribution in [1.29, 1.82) is 0 Å². The van der Waals surface area contributed by atoms with E-state index in [1.165, 1.54) is 6.07 Å². The Kier molecular flexibility index (Phi) is 3.09. The van der Waals surface area contributed by atoms with E-state index < -0.39 is 0 Å². The summed E-state index contributed by atoms with van der Waals surface area (Å²) in [5.74, 6) is 3.02. The zero-order valence-corrected chi connectivity index (χ0v) is 9.63. The summed E-state index contributed by atoms with van der Waals surface area (Å²) in [6.07, 6.45) is 5.26. The third-order valence-corrected chi connectivity index (χ3v) is 2.36. The van der Waals surface area contributed by atoms with E-state index in [0.717, 1.165) is 11.1 Å². The van der Waals surface area contributed by atoms with Gasteiger partial charge in [-0.05, 0) is 24.3 Å². The standard InChI is InChI=1S/C12H6Cl2N2/c1-2-8-3-5-9(6-4-8)12-15-10(13)7-11(14)16-12/h1,3-7H. The number of benzene rings is 1. The molecule has 0 radical (unpaired) electrons. The molecule has 2 rings (SSSR count). The smallest absolute Gasteiger partial charge is 0.162 e. The van der Waals surface area contributed by atoms with Crippen LogP contribution in [0.5, 0.6) is 0 Å². The fraction of sp³-hybridized carbons (Fsp3) is 0. The van der Waals surface area contributed by atoms with Crippen molar-refractivity contribution < 1.29 is 0 Å². The van der Waals surface area contributed by atoms with Crippen LogP contribution in [0.15, 0.2) is 30.3 Å². The van der Waals surface area contributed by atoms with Gasteiger partial charge in [-0.1, -0.05) is 29.1 Å². The molecular formula is C12H6Cl2N2. The average Bonchev–Trinajstić information content (AvgIpc) is 2.28. The molecule has 78 valence electrons. The maximum absolute atomic E-state index is 5.79. The molecular weight excluding hydrogens is 243 g/mol. The summed E-state index contributed by atoms with van der Waals surface area (Å²) >= 11 is 11.6. The van der Waals surface area contributed by atoms with Crippen molar-refractivity contribution in [2.45, 2.75) is 0 Å². The maximum Gasteiger partial charge on any atom is 0.162 e. The van der Waals surface area contributed by atoms with Crippen LogP contribution in [0.3, 0.4) is 0 Å². The zero-order chi connectivity index (χ0) is 11.5. The van der Waals surface area contributed by atoms with Gasteiger partial charge in [0.25, 0.3) is 0 Å². The highest BCUT2D eigenvalue weighted by Crippen LogP contribution is 2.20. The minimum Gasteiger partial charge on any atom is -0.216 e. The molecule has 1 aromatic carbocycles. The highest BCUT2D eigenvalue weighted by Gasteiger charge is 2.04. The Balaban J connectivity index is 2.47. The van der Waals surface area contributed by atoms with Crippen molar-refractivity contribution in [3.05, 3.63) is 46.2 Å². The second kappa shape index (κ2) is 4.52. The number of halogens is 2. The fourth-order valence-corrected chi connectivity index (χ4v) is 1.66. The van der Waals surface area contributed by atoms with Crippen molar-refractivity contribution >= 4 is 23.2 Å². The summed E-state index contributed by atoms with van der Waals surface area (Å²) in [6.45, 7) is 0. The summed E-state index contributed by atoms with van der Waals surface area (Å²) in [5.41, 5.74) is 1.63. The molecule has 2 aromatic rings. The van der Waals surface area contributed by atoms with Crippen molar-refractivity contribution in [1.82, 2.24) is 9.97 Å². The minimum atomic E-state index is 0.316. The highest BCUT2D eigenvalue weighted by atomic mass is 35.5. The SMILES string of the molecule is C#Cc1ccc(-c2nc(Cl)cc(Cl)n2)cc1. The molecule has 0 saturated heterocycles. The second-order valence-corrected chi connectivity index (χ2v) is 3.83. The lowest BCUT2D eigenvalue weighted by Gasteiger charge is -2.01. The fourth-order valence-electron chi connectivity index (χ4n) is 1.23. The van der Waals surface area contributed by atoms with Crippen molar-refractivity contribution in [3.8, 4) is 23.7 Å². The quantitative estimate of drug-likeness (QED) is 0.571. The summed E-state index contributed by atoms with van der Waals surface area (Å²) < 4.78 is 0. The molecule has 2 nitrogen and oxygen atoms in total. The Morgan fingerprint density at radius 3 is 2.06 bits per heavy atom. The van der Waals surface area contributed by atoms with Gasteiger partial charge in [0.05, 0.1) is 0 Å². The molecule has 1 aromatic heterocycles. The van der Waals surface area contributed by atoms with Crippen LogP contribution in [0, 0.1) is 12.3 Å². The van der Waals surface area contributed by atoms with Crippen LogP contribution in [0.1, 0.15) is 5.56 Å². The Morgan fingerprint density at radius 1 is 1.00 bits per heavy atom. The maximum atomic E-state index is 5.79. The van der Waals surface area contributed by atoms with Crippen molar-refractivity contribution in [3.63, 3.8) is 0 Å². The van der Waals surface area contributed by atoms with Gasteiger partial charge in [0.1, 0.15) is 10.3 Å². The van der Waals surface area contributed by atoms with Gasteiger partial charge in [-0.2, -0.15) is 0 Å². The summed E-state index contributed by atoms with van der Waals surface area (Å²) in [5, 5.41) is 0.632. The number of aromatic nitrogens is 2. The molecule has 0 aliphatic rings. The van der Waals surface area contributed by atoms with Gasteiger partial charge in [0, 0.05) is 17.2 Å². The molecule has 0 unspecified atom stereocenters. The van der Waals surface area contributed by atoms with E-state index >= 15 is 0 Å². The number of hydrogen-bond donors (Lipinski definition) is 0. The first-order chi connectivity index (χ1) is 7.69. The predicted molar refractivity (Wildman–Crippen MR) is 65.4 cm³/mol. The van der Waals surface area contributed by atoms with Crippen LogP contribution in [0.4, 0.5) is 0 Å². The molecule has 0 N–H and O–H groups in total. The summed E-state index contributed by atoms with van der Waals surface area (Å²) in [6, 6.07) is 8.78. The lowest BCUT2D eigenvalue weighted by Crippen LogP contribution is -1.90. The number of terminal acetylenes is 1. The van der Waals surface area contributed by atoms with Crippen molar-refractivity contribution in [2.75, 3.05) is 0 Å². The van der Waals surface area contributed by atoms with Crippen LogP contribution >= 0.6 is 23.2 Å². The van der Waals surface area contributed by atoms with Gasteiger partial charge < -0.3 is 0 Å². The Bertz CT molecular complexity index is 536. The molecule has 0 amide bonds. The topological polar surface area (TPSA) is 25.8 Å². The Morgan fingerprint density at radius 2 is 1.56 bits per heavy atom. The van der Waals surface area contributed by atoms with Crippen LogP contribution in [-0.2, 0) is 0 Å². The van der Waals surface area contributed by atoms with E-state index in [9.17, 15) is 0 Å². The molecule has 16 heavy (non-hydrogen) atoms. The number of hydrogen-bond acceptors (Lipinski definition) is 2. The third kappa shape index (κ3) is 2.33. The Hall–Kier alpha value is -1.56. The van der Waals surface area contributed by atoms with E-state index in [0.29, 0.717) is 16.1 Å². The van der Waals surface area contributed by atoms with E-state index in [-0.39, 0.29) is 0 Å². The van der Waals surface area contributed by atoms with E-state index in [1.807, 2.05) is 24.3 Å². The summed E-state index contributed by atoms with van der Waals surface area (Å²) in [4.78, 5) is 8.16. The lowest BCUT2D eigenvalue weighted by atomic mass is 10.1. The molecule has 0 bridgehead atoms. The van der Waals surface area contributed by atoms with Gasteiger partial charge in [0.15, 0.2) is 5.82 Å². The van der Waals surface area contributed by atoms with E-state index in [1.54, 1.807) is 0 Å². The minimum absolute atomic E-state index is 0.316. The first kappa shape index (κ1) is 10.9. The number of rotatable bonds is 1. The van der Waals surface area contributed by atoms with Crippen LogP contribution in [0.2, 0.25) is 10.3 Å². The predicted octanol–water partition coefficient (Wildman–Crippen LogP) is 3.43. The van der Waals surface area contributed by atoms with Gasteiger partial charge in [0.2, 0.25) is 0 Å². The van der Waals surface area contributed by atoms with Crippen LogP contribution < -0.4 is 0 Å². The van der Waals surface area contributed by atoms with E-state index in [2.05, 4.69) is 15.9 Å². The molecule has 4 heteroatoms. The lowest BCUT2D eigenvalue weighted by molar-refractivity contribution is 1.18. The average molecular weight is 249 g/mol. The molecule has 0 fully saturated rings. The van der Waals surface area contributed by atoms with Gasteiger partial charge in [-0.3, -0.25) is 0 Å². The number of nitrogens with zero attached hydrogens (tertiary/aromatic N) is 2. The van der Waals surface area contributed by atoms with Gasteiger partial charge >= 0.3 is 0 Å². The molecule has 0 atom stereocenters. The molecule has 0 aliphatic carbocycles. The summed E-state index contributed by atoms with van der Waals surface area (Å²) in [7, 11) is 0. The molecule has 0 spiro atoms. The first-order valence-electron chi connectivity index (χ1n) is 4.46. The van der Waals surface area contributed by atoms with Crippen molar-refractivity contribution in [2.24, 2.45) is 0 Å². The largest absolute Gasteiger partial charge is 0.216 e. The Labute approximate surface area is 103 Å². The monoisotopic (exact) mass is 248 g/mol. The third-order valence-electron chi connectivity index (χ3n) is 1.97. The van der Waals surface area contributed by atoms with Crippen LogP contribution in [-0.4, -0.2) is 9.97 Å². The normalized spacial score (nSPS) is 9.81. The first-order valence-corrected chi connectivity index (χ1v) is 5.22. The highest BCUT2D eigenvalue weighted by molar-refractivity contribution is 6.33. The van der Waals surface area contributed by atoms with Gasteiger partial charge in [-0.25, -0.2) is 9.97 Å². The molecule has 0 aliphatic heterocycles. The second-order valence-electron chi connectivity index (χ2n) is 3.06. The van der Waals surface area contributed by atoms with E-state index in [4.69, 9.17) is 29.6 Å².